The highest BCUT2D eigenvalue weighted by molar-refractivity contribution is 6.15. The molecule has 0 N–H and O–H groups in total. The van der Waals surface area contributed by atoms with E-state index in [1.54, 1.807) is 0 Å². The second-order valence-electron chi connectivity index (χ2n) is 10.4. The predicted octanol–water partition coefficient (Wildman–Crippen LogP) is 9.87. The number of aromatic nitrogens is 4. The van der Waals surface area contributed by atoms with E-state index < -0.39 is 0 Å². The zero-order chi connectivity index (χ0) is 34.3. The molecule has 0 fully saturated rings. The molecule has 0 saturated carbocycles. The first-order chi connectivity index (χ1) is 24.3. The van der Waals surface area contributed by atoms with Gasteiger partial charge >= 0.3 is 0 Å². The molecular formula is C39H24N4O. The highest BCUT2D eigenvalue weighted by atomic mass is 16.3. The van der Waals surface area contributed by atoms with Gasteiger partial charge in [-0.3, -0.25) is 4.57 Å². The van der Waals surface area contributed by atoms with E-state index in [-0.39, 0.29) is 64.0 Å². The molecule has 9 aromatic rings. The lowest BCUT2D eigenvalue weighted by Crippen LogP contribution is -2.06. The number of hydrogen-bond acceptors (Lipinski definition) is 4. The summed E-state index contributed by atoms with van der Waals surface area (Å²) in [5.41, 5.74) is 5.06. The van der Waals surface area contributed by atoms with Crippen LogP contribution in [0.5, 0.6) is 0 Å². The molecular weight excluding hydrogens is 540 g/mol. The van der Waals surface area contributed by atoms with Crippen LogP contribution < -0.4 is 0 Å². The molecule has 0 saturated heterocycles. The quantitative estimate of drug-likeness (QED) is 0.211. The van der Waals surface area contributed by atoms with Gasteiger partial charge in [0.1, 0.15) is 11.2 Å². The molecule has 0 aliphatic heterocycles. The first-order valence-corrected chi connectivity index (χ1v) is 14.1. The Kier molecular flexibility index (Phi) is 4.25. The first-order valence-electron chi connectivity index (χ1n) is 17.1. The molecule has 3 heterocycles. The van der Waals surface area contributed by atoms with Crippen LogP contribution in [0, 0.1) is 0 Å². The fourth-order valence-electron chi connectivity index (χ4n) is 5.90. The average molecular weight is 571 g/mol. The molecule has 0 amide bonds. The summed E-state index contributed by atoms with van der Waals surface area (Å²) >= 11 is 0. The largest absolute Gasteiger partial charge is 0.455 e. The van der Waals surface area contributed by atoms with Crippen LogP contribution in [0.25, 0.3) is 83.6 Å². The van der Waals surface area contributed by atoms with Crippen LogP contribution in [-0.2, 0) is 0 Å². The van der Waals surface area contributed by atoms with E-state index in [2.05, 4.69) is 0 Å². The summed E-state index contributed by atoms with van der Waals surface area (Å²) < 4.78 is 60.3. The van der Waals surface area contributed by atoms with Crippen molar-refractivity contribution in [3.63, 3.8) is 0 Å². The Balaban J connectivity index is 1.40. The summed E-state index contributed by atoms with van der Waals surface area (Å²) in [6, 6.07) is 32.7. The number of furan rings is 1. The maximum absolute atomic E-state index is 8.95. The minimum Gasteiger partial charge on any atom is -0.455 e. The summed E-state index contributed by atoms with van der Waals surface area (Å²) in [5, 5.41) is 1.94. The Morgan fingerprint density at radius 2 is 1.16 bits per heavy atom. The van der Waals surface area contributed by atoms with Gasteiger partial charge in [-0.25, -0.2) is 4.98 Å². The molecule has 0 unspecified atom stereocenters. The molecule has 0 aliphatic rings. The van der Waals surface area contributed by atoms with Crippen molar-refractivity contribution < 1.29 is 12.6 Å². The van der Waals surface area contributed by atoms with Gasteiger partial charge in [-0.15, -0.1) is 0 Å². The SMILES string of the molecule is [2H]c1cc([2H])c2c(c1[2H])c1c([2H])c([2H])cc([2H])c1n2-c1nc(-c2ccccc2)nc(-c2cccc3oc4c(-c5ccccc5)cccc4c23)n1. The topological polar surface area (TPSA) is 56.7 Å². The van der Waals surface area contributed by atoms with Crippen LogP contribution in [0.2, 0.25) is 0 Å². The summed E-state index contributed by atoms with van der Waals surface area (Å²) in [7, 11) is 0. The van der Waals surface area contributed by atoms with E-state index in [9.17, 15) is 0 Å². The van der Waals surface area contributed by atoms with Crippen molar-refractivity contribution >= 4 is 43.7 Å². The van der Waals surface area contributed by atoms with Crippen molar-refractivity contribution in [1.82, 2.24) is 19.5 Å². The van der Waals surface area contributed by atoms with Crippen LogP contribution in [0.1, 0.15) is 8.22 Å². The summed E-state index contributed by atoms with van der Waals surface area (Å²) in [6.45, 7) is 0. The van der Waals surface area contributed by atoms with Crippen LogP contribution >= 0.6 is 0 Å². The molecule has 3 aromatic heterocycles. The number of para-hydroxylation sites is 3. The third-order valence-electron chi connectivity index (χ3n) is 7.83. The predicted molar refractivity (Wildman–Crippen MR) is 178 cm³/mol. The zero-order valence-corrected chi connectivity index (χ0v) is 23.1. The van der Waals surface area contributed by atoms with E-state index in [1.807, 2.05) is 97.1 Å². The van der Waals surface area contributed by atoms with Gasteiger partial charge in [0, 0.05) is 38.2 Å². The molecule has 206 valence electrons. The third kappa shape index (κ3) is 3.76. The van der Waals surface area contributed by atoms with Crippen molar-refractivity contribution in [2.24, 2.45) is 0 Å². The zero-order valence-electron chi connectivity index (χ0n) is 29.1. The maximum atomic E-state index is 8.95. The standard InChI is InChI=1S/C39H24N4O/c1-3-13-25(14-4-1)27-19-11-20-30-35-31(21-12-24-34(35)44-36(27)30)38-40-37(26-15-5-2-6-16-26)41-39(42-38)43-32-22-9-7-17-28(32)29-18-8-10-23-33(29)43/h1-24H/i7D,8D,17D,18D,22D,23D. The molecule has 5 heteroatoms. The smallest absolute Gasteiger partial charge is 0.238 e. The van der Waals surface area contributed by atoms with Crippen LogP contribution in [0.3, 0.4) is 0 Å². The molecule has 6 aromatic carbocycles. The van der Waals surface area contributed by atoms with E-state index in [0.717, 1.165) is 27.5 Å². The Morgan fingerprint density at radius 3 is 1.89 bits per heavy atom. The molecule has 9 rings (SSSR count). The lowest BCUT2D eigenvalue weighted by atomic mass is 10.0. The fourth-order valence-corrected chi connectivity index (χ4v) is 5.90. The van der Waals surface area contributed by atoms with E-state index >= 15 is 0 Å². The maximum Gasteiger partial charge on any atom is 0.238 e. The summed E-state index contributed by atoms with van der Waals surface area (Å²) in [6.07, 6.45) is 0. The Morgan fingerprint density at radius 1 is 0.523 bits per heavy atom. The van der Waals surface area contributed by atoms with Crippen molar-refractivity contribution in [2.75, 3.05) is 0 Å². The number of hydrogen-bond donors (Lipinski definition) is 0. The molecule has 5 nitrogen and oxygen atoms in total. The molecule has 44 heavy (non-hydrogen) atoms. The average Bonchev–Trinajstić information content (AvgIpc) is 3.71. The Labute approximate surface area is 261 Å². The van der Waals surface area contributed by atoms with Gasteiger partial charge in [-0.2, -0.15) is 9.97 Å². The molecule has 0 bridgehead atoms. The molecule has 0 spiro atoms. The molecule has 0 atom stereocenters. The summed E-state index contributed by atoms with van der Waals surface area (Å²) in [4.78, 5) is 14.8. The normalized spacial score (nSPS) is 13.5. The highest BCUT2D eigenvalue weighted by Crippen LogP contribution is 2.40. The Hall–Kier alpha value is -6.07. The van der Waals surface area contributed by atoms with Crippen molar-refractivity contribution in [3.05, 3.63) is 145 Å². The van der Waals surface area contributed by atoms with Gasteiger partial charge in [0.05, 0.1) is 19.3 Å². The van der Waals surface area contributed by atoms with Crippen LogP contribution in [0.15, 0.2) is 150 Å². The number of benzene rings is 6. The van der Waals surface area contributed by atoms with E-state index in [0.29, 0.717) is 28.4 Å². The van der Waals surface area contributed by atoms with Gasteiger partial charge < -0.3 is 4.42 Å². The number of rotatable bonds is 4. The van der Waals surface area contributed by atoms with Crippen LogP contribution in [0.4, 0.5) is 0 Å². The van der Waals surface area contributed by atoms with Gasteiger partial charge in [-0.1, -0.05) is 127 Å². The van der Waals surface area contributed by atoms with Gasteiger partial charge in [0.25, 0.3) is 0 Å². The second kappa shape index (κ2) is 9.75. The number of fused-ring (bicyclic) bond motifs is 6. The van der Waals surface area contributed by atoms with Crippen molar-refractivity contribution in [2.45, 2.75) is 0 Å². The highest BCUT2D eigenvalue weighted by Gasteiger charge is 2.21. The van der Waals surface area contributed by atoms with Gasteiger partial charge in [0.2, 0.25) is 5.95 Å². The third-order valence-corrected chi connectivity index (χ3v) is 7.83. The minimum absolute atomic E-state index is 0.0693. The summed E-state index contributed by atoms with van der Waals surface area (Å²) in [5.74, 6) is 0.714. The van der Waals surface area contributed by atoms with E-state index in [4.69, 9.17) is 27.6 Å². The van der Waals surface area contributed by atoms with Gasteiger partial charge in [0.15, 0.2) is 11.6 Å². The lowest BCUT2D eigenvalue weighted by Gasteiger charge is -2.11. The van der Waals surface area contributed by atoms with Crippen molar-refractivity contribution in [3.8, 4) is 39.9 Å². The monoisotopic (exact) mass is 570 g/mol. The molecule has 0 aliphatic carbocycles. The van der Waals surface area contributed by atoms with Crippen LogP contribution in [-0.4, -0.2) is 19.5 Å². The first kappa shape index (κ1) is 19.2. The van der Waals surface area contributed by atoms with Crippen molar-refractivity contribution in [1.29, 1.82) is 0 Å². The number of nitrogens with zero attached hydrogens (tertiary/aromatic N) is 4. The fraction of sp³-hybridized carbons (Fsp3) is 0. The lowest BCUT2D eigenvalue weighted by molar-refractivity contribution is 0.670. The minimum atomic E-state index is -0.209. The Bertz CT molecular complexity index is 2760. The second-order valence-corrected chi connectivity index (χ2v) is 10.4. The van der Waals surface area contributed by atoms with E-state index in [1.165, 1.54) is 16.7 Å². The van der Waals surface area contributed by atoms with Gasteiger partial charge in [-0.05, 0) is 23.7 Å². The molecule has 0 radical (unpaired) electrons.